The van der Waals surface area contributed by atoms with Crippen LogP contribution in [0.3, 0.4) is 0 Å². The molecule has 0 radical (unpaired) electrons. The van der Waals surface area contributed by atoms with E-state index in [0.717, 1.165) is 29.7 Å². The van der Waals surface area contributed by atoms with Gasteiger partial charge in [0.2, 0.25) is 5.91 Å². The van der Waals surface area contributed by atoms with Crippen molar-refractivity contribution in [1.29, 1.82) is 0 Å². The maximum Gasteiger partial charge on any atom is 0.225 e. The first-order valence-electron chi connectivity index (χ1n) is 7.44. The molecule has 1 aromatic carbocycles. The number of aryl methyl sites for hydroxylation is 1. The first-order chi connectivity index (χ1) is 9.76. The van der Waals surface area contributed by atoms with Gasteiger partial charge in [0.15, 0.2) is 0 Å². The van der Waals surface area contributed by atoms with Crippen LogP contribution in [0.4, 0.5) is 0 Å². The molecule has 1 amide bonds. The van der Waals surface area contributed by atoms with E-state index < -0.39 is 11.0 Å². The molecule has 116 valence electrons. The second-order valence-corrected chi connectivity index (χ2v) is 6.84. The van der Waals surface area contributed by atoms with Gasteiger partial charge in [0.05, 0.1) is 13.7 Å². The molecule has 0 unspecified atom stereocenters. The van der Waals surface area contributed by atoms with E-state index >= 15 is 0 Å². The summed E-state index contributed by atoms with van der Waals surface area (Å²) >= 11 is 0. The highest BCUT2D eigenvalue weighted by molar-refractivity contribution is 5.81. The number of nitrogens with one attached hydrogen (secondary N) is 1. The third-order valence-electron chi connectivity index (χ3n) is 4.07. The number of carbonyl (C=O) groups is 1. The molecule has 4 nitrogen and oxygen atoms in total. The fourth-order valence-electron chi connectivity index (χ4n) is 2.74. The number of hydrogen-bond donors (Lipinski definition) is 2. The summed E-state index contributed by atoms with van der Waals surface area (Å²) in [7, 11) is 1.64. The van der Waals surface area contributed by atoms with E-state index in [9.17, 15) is 9.90 Å². The number of methoxy groups -OCH3 is 1. The zero-order valence-electron chi connectivity index (χ0n) is 13.3. The Morgan fingerprint density at radius 1 is 1.43 bits per heavy atom. The smallest absolute Gasteiger partial charge is 0.225 e. The predicted octanol–water partition coefficient (Wildman–Crippen LogP) is 2.38. The van der Waals surface area contributed by atoms with E-state index in [1.54, 1.807) is 7.11 Å². The van der Waals surface area contributed by atoms with Gasteiger partial charge in [0.25, 0.3) is 0 Å². The first kappa shape index (κ1) is 15.8. The first-order valence-corrected chi connectivity index (χ1v) is 7.44. The zero-order valence-corrected chi connectivity index (χ0v) is 13.3. The number of aliphatic hydroxyl groups is 1. The molecule has 0 spiro atoms. The maximum atomic E-state index is 12.0. The maximum absolute atomic E-state index is 12.0. The van der Waals surface area contributed by atoms with Gasteiger partial charge >= 0.3 is 0 Å². The monoisotopic (exact) mass is 291 g/mol. The number of amides is 1. The van der Waals surface area contributed by atoms with Crippen molar-refractivity contribution in [2.24, 2.45) is 5.41 Å². The molecule has 0 saturated heterocycles. The Morgan fingerprint density at radius 2 is 2.14 bits per heavy atom. The molecule has 21 heavy (non-hydrogen) atoms. The molecule has 0 aromatic heterocycles. The van der Waals surface area contributed by atoms with Crippen LogP contribution < -0.4 is 10.1 Å². The van der Waals surface area contributed by atoms with Crippen molar-refractivity contribution in [2.45, 2.75) is 45.6 Å². The minimum atomic E-state index is -0.985. The lowest BCUT2D eigenvalue weighted by Crippen LogP contribution is -2.46. The van der Waals surface area contributed by atoms with E-state index in [4.69, 9.17) is 4.74 Å². The highest BCUT2D eigenvalue weighted by Gasteiger charge is 2.35. The average molecular weight is 291 g/mol. The molecule has 0 heterocycles. The Labute approximate surface area is 126 Å². The molecule has 0 aliphatic heterocycles. The van der Waals surface area contributed by atoms with E-state index in [-0.39, 0.29) is 12.5 Å². The summed E-state index contributed by atoms with van der Waals surface area (Å²) in [5.41, 5.74) is 0.575. The summed E-state index contributed by atoms with van der Waals surface area (Å²) in [5.74, 6) is 0.758. The summed E-state index contributed by atoms with van der Waals surface area (Å²) in [4.78, 5) is 12.0. The van der Waals surface area contributed by atoms with Crippen LogP contribution in [-0.4, -0.2) is 24.7 Å². The normalized spacial score (nSPS) is 21.6. The van der Waals surface area contributed by atoms with Gasteiger partial charge in [-0.25, -0.2) is 0 Å². The molecular weight excluding hydrogens is 266 g/mol. The van der Waals surface area contributed by atoms with Crippen LogP contribution in [0, 0.1) is 5.41 Å². The third kappa shape index (κ3) is 3.38. The summed E-state index contributed by atoms with van der Waals surface area (Å²) in [6.07, 6.45) is 2.50. The van der Waals surface area contributed by atoms with Crippen LogP contribution >= 0.6 is 0 Å². The van der Waals surface area contributed by atoms with Crippen LogP contribution in [0.5, 0.6) is 5.75 Å². The fourth-order valence-corrected chi connectivity index (χ4v) is 2.74. The number of fused-ring (bicyclic) bond motifs is 1. The quantitative estimate of drug-likeness (QED) is 0.899. The van der Waals surface area contributed by atoms with Gasteiger partial charge in [0.1, 0.15) is 11.4 Å². The molecule has 2 N–H and O–H groups in total. The molecule has 1 aliphatic carbocycles. The molecule has 1 aromatic rings. The molecule has 0 saturated carbocycles. The highest BCUT2D eigenvalue weighted by atomic mass is 16.5. The highest BCUT2D eigenvalue weighted by Crippen LogP contribution is 2.36. The largest absolute Gasteiger partial charge is 0.497 e. The van der Waals surface area contributed by atoms with Gasteiger partial charge in [0, 0.05) is 5.41 Å². The molecule has 0 bridgehead atoms. The minimum Gasteiger partial charge on any atom is -0.497 e. The summed E-state index contributed by atoms with van der Waals surface area (Å²) in [6.45, 7) is 5.85. The second-order valence-electron chi connectivity index (χ2n) is 6.84. The van der Waals surface area contributed by atoms with Crippen molar-refractivity contribution in [3.8, 4) is 5.75 Å². The molecule has 2 rings (SSSR count). The Kier molecular flexibility index (Phi) is 4.28. The number of rotatable bonds is 3. The lowest BCUT2D eigenvalue weighted by Gasteiger charge is -2.35. The zero-order chi connectivity index (χ0) is 15.7. The summed E-state index contributed by atoms with van der Waals surface area (Å²) in [6, 6.07) is 5.75. The standard InChI is InChI=1S/C17H25NO3/c1-16(2,3)15(19)18-11-17(20)9-5-6-12-10-13(21-4)7-8-14(12)17/h7-8,10,20H,5-6,9,11H2,1-4H3,(H,18,19)/t17-/m0/s1. The average Bonchev–Trinajstić information content (AvgIpc) is 2.43. The van der Waals surface area contributed by atoms with E-state index in [1.807, 2.05) is 39.0 Å². The minimum absolute atomic E-state index is 0.0449. The second kappa shape index (κ2) is 5.68. The van der Waals surface area contributed by atoms with Crippen molar-refractivity contribution in [2.75, 3.05) is 13.7 Å². The Bertz CT molecular complexity index is 533. The fraction of sp³-hybridized carbons (Fsp3) is 0.588. The molecule has 1 atom stereocenters. The molecule has 1 aliphatic rings. The van der Waals surface area contributed by atoms with Crippen LogP contribution in [0.15, 0.2) is 18.2 Å². The van der Waals surface area contributed by atoms with Crippen LogP contribution in [-0.2, 0) is 16.8 Å². The Morgan fingerprint density at radius 3 is 2.76 bits per heavy atom. The Balaban J connectivity index is 2.19. The summed E-state index contributed by atoms with van der Waals surface area (Å²) < 4.78 is 5.24. The van der Waals surface area contributed by atoms with Gasteiger partial charge in [-0.1, -0.05) is 26.8 Å². The topological polar surface area (TPSA) is 58.6 Å². The van der Waals surface area contributed by atoms with Crippen molar-refractivity contribution >= 4 is 5.91 Å². The van der Waals surface area contributed by atoms with Crippen LogP contribution in [0.2, 0.25) is 0 Å². The van der Waals surface area contributed by atoms with Crippen LogP contribution in [0.25, 0.3) is 0 Å². The number of ether oxygens (including phenoxy) is 1. The van der Waals surface area contributed by atoms with E-state index in [2.05, 4.69) is 5.32 Å². The van der Waals surface area contributed by atoms with E-state index in [0.29, 0.717) is 6.42 Å². The number of carbonyl (C=O) groups excluding carboxylic acids is 1. The van der Waals surface area contributed by atoms with Crippen molar-refractivity contribution in [3.05, 3.63) is 29.3 Å². The third-order valence-corrected chi connectivity index (χ3v) is 4.07. The van der Waals surface area contributed by atoms with Crippen molar-refractivity contribution in [3.63, 3.8) is 0 Å². The molecular formula is C17H25NO3. The number of benzene rings is 1. The van der Waals surface area contributed by atoms with Crippen molar-refractivity contribution in [1.82, 2.24) is 5.32 Å². The van der Waals surface area contributed by atoms with Gasteiger partial charge in [-0.2, -0.15) is 0 Å². The summed E-state index contributed by atoms with van der Waals surface area (Å²) in [5, 5.41) is 13.8. The Hall–Kier alpha value is -1.55. The van der Waals surface area contributed by atoms with Gasteiger partial charge < -0.3 is 15.2 Å². The van der Waals surface area contributed by atoms with Crippen molar-refractivity contribution < 1.29 is 14.6 Å². The molecule has 0 fully saturated rings. The van der Waals surface area contributed by atoms with Gasteiger partial charge in [-0.3, -0.25) is 4.79 Å². The lowest BCUT2D eigenvalue weighted by molar-refractivity contribution is -0.130. The predicted molar refractivity (Wildman–Crippen MR) is 82.3 cm³/mol. The van der Waals surface area contributed by atoms with Crippen LogP contribution in [0.1, 0.15) is 44.7 Å². The van der Waals surface area contributed by atoms with Gasteiger partial charge in [-0.05, 0) is 42.5 Å². The van der Waals surface area contributed by atoms with Gasteiger partial charge in [-0.15, -0.1) is 0 Å². The lowest BCUT2D eigenvalue weighted by atomic mass is 9.78. The van der Waals surface area contributed by atoms with E-state index in [1.165, 1.54) is 0 Å². The molecule has 4 heteroatoms. The SMILES string of the molecule is COc1ccc2c(c1)CCC[C@]2(O)CNC(=O)C(C)(C)C. The number of hydrogen-bond acceptors (Lipinski definition) is 3.